The zero-order valence-corrected chi connectivity index (χ0v) is 8.58. The van der Waals surface area contributed by atoms with Gasteiger partial charge in [-0.2, -0.15) is 0 Å². The maximum absolute atomic E-state index is 11.7. The number of imidazole rings is 1. The minimum Gasteiger partial charge on any atom is -0.391 e. The van der Waals surface area contributed by atoms with Gasteiger partial charge in [0.25, 0.3) is 0 Å². The SMILES string of the molecule is O=C1CC(O)CN1c1cccc2nccn12. The lowest BCUT2D eigenvalue weighted by molar-refractivity contribution is -0.117. The number of fused-ring (bicyclic) bond motifs is 1. The molecule has 3 heterocycles. The van der Waals surface area contributed by atoms with Gasteiger partial charge in [0.05, 0.1) is 19.1 Å². The summed E-state index contributed by atoms with van der Waals surface area (Å²) in [6.07, 6.45) is 3.13. The van der Waals surface area contributed by atoms with E-state index in [-0.39, 0.29) is 12.3 Å². The molecule has 5 nitrogen and oxygen atoms in total. The molecule has 1 N–H and O–H groups in total. The van der Waals surface area contributed by atoms with Crippen LogP contribution in [0.2, 0.25) is 0 Å². The third-order valence-corrected chi connectivity index (χ3v) is 2.79. The van der Waals surface area contributed by atoms with E-state index in [1.165, 1.54) is 0 Å². The fraction of sp³-hybridized carbons (Fsp3) is 0.273. The van der Waals surface area contributed by atoms with E-state index in [0.29, 0.717) is 6.54 Å². The molecule has 0 spiro atoms. The van der Waals surface area contributed by atoms with Crippen LogP contribution in [0.4, 0.5) is 5.82 Å². The molecule has 2 aromatic heterocycles. The molecule has 0 aliphatic carbocycles. The number of amides is 1. The van der Waals surface area contributed by atoms with Crippen LogP contribution in [0.15, 0.2) is 30.6 Å². The molecule has 16 heavy (non-hydrogen) atoms. The van der Waals surface area contributed by atoms with Crippen LogP contribution in [0.1, 0.15) is 6.42 Å². The van der Waals surface area contributed by atoms with Crippen molar-refractivity contribution in [1.82, 2.24) is 9.38 Å². The highest BCUT2D eigenvalue weighted by Crippen LogP contribution is 2.22. The van der Waals surface area contributed by atoms with Gasteiger partial charge in [-0.05, 0) is 12.1 Å². The average Bonchev–Trinajstić information content (AvgIpc) is 2.84. The number of aliphatic hydroxyl groups is 1. The van der Waals surface area contributed by atoms with E-state index in [2.05, 4.69) is 4.98 Å². The lowest BCUT2D eigenvalue weighted by Crippen LogP contribution is -2.27. The van der Waals surface area contributed by atoms with Crippen molar-refractivity contribution in [2.75, 3.05) is 11.4 Å². The van der Waals surface area contributed by atoms with Crippen LogP contribution >= 0.6 is 0 Å². The highest BCUT2D eigenvalue weighted by atomic mass is 16.3. The number of β-amino-alcohol motifs (C(OH)–C–C–N with tert-alkyl or cyclic N) is 1. The van der Waals surface area contributed by atoms with Crippen molar-refractivity contribution in [3.05, 3.63) is 30.6 Å². The first-order valence-corrected chi connectivity index (χ1v) is 5.16. The first kappa shape index (κ1) is 9.35. The van der Waals surface area contributed by atoms with Gasteiger partial charge in [-0.15, -0.1) is 0 Å². The molecule has 1 atom stereocenters. The standard InChI is InChI=1S/C11H11N3O2/c15-8-6-11(16)14(7-8)10-3-1-2-9-12-4-5-13(9)10/h1-5,8,15H,6-7H2. The number of rotatable bonds is 1. The number of aromatic nitrogens is 2. The fourth-order valence-electron chi connectivity index (χ4n) is 2.06. The van der Waals surface area contributed by atoms with Gasteiger partial charge in [0.2, 0.25) is 5.91 Å². The van der Waals surface area contributed by atoms with Crippen molar-refractivity contribution in [3.63, 3.8) is 0 Å². The van der Waals surface area contributed by atoms with Crippen LogP contribution in [0.3, 0.4) is 0 Å². The second-order valence-electron chi connectivity index (χ2n) is 3.90. The molecule has 1 fully saturated rings. The van der Waals surface area contributed by atoms with Gasteiger partial charge in [-0.1, -0.05) is 6.07 Å². The molecule has 0 bridgehead atoms. The number of hydrogen-bond acceptors (Lipinski definition) is 3. The van der Waals surface area contributed by atoms with Crippen LogP contribution in [0.25, 0.3) is 5.65 Å². The average molecular weight is 217 g/mol. The number of nitrogens with zero attached hydrogens (tertiary/aromatic N) is 3. The number of carbonyl (C=O) groups excluding carboxylic acids is 1. The summed E-state index contributed by atoms with van der Waals surface area (Å²) in [5, 5.41) is 9.47. The van der Waals surface area contributed by atoms with Gasteiger partial charge >= 0.3 is 0 Å². The Hall–Kier alpha value is -1.88. The van der Waals surface area contributed by atoms with E-state index in [9.17, 15) is 9.90 Å². The summed E-state index contributed by atoms with van der Waals surface area (Å²) in [7, 11) is 0. The highest BCUT2D eigenvalue weighted by molar-refractivity contribution is 5.95. The Bertz CT molecular complexity index is 549. The molecule has 1 unspecified atom stereocenters. The first-order valence-electron chi connectivity index (χ1n) is 5.16. The topological polar surface area (TPSA) is 57.8 Å². The van der Waals surface area contributed by atoms with E-state index in [0.717, 1.165) is 11.5 Å². The molecule has 1 saturated heterocycles. The molecule has 2 aromatic rings. The maximum atomic E-state index is 11.7. The van der Waals surface area contributed by atoms with Gasteiger partial charge in [-0.3, -0.25) is 14.1 Å². The summed E-state index contributed by atoms with van der Waals surface area (Å²) >= 11 is 0. The molecule has 1 aliphatic rings. The number of pyridine rings is 1. The monoisotopic (exact) mass is 217 g/mol. The van der Waals surface area contributed by atoms with E-state index < -0.39 is 6.10 Å². The summed E-state index contributed by atoms with van der Waals surface area (Å²) in [6, 6.07) is 5.58. The van der Waals surface area contributed by atoms with Gasteiger partial charge in [0.1, 0.15) is 11.5 Å². The molecule has 5 heteroatoms. The second kappa shape index (κ2) is 3.31. The summed E-state index contributed by atoms with van der Waals surface area (Å²) < 4.78 is 1.84. The van der Waals surface area contributed by atoms with E-state index in [1.54, 1.807) is 11.1 Å². The molecular weight excluding hydrogens is 206 g/mol. The Morgan fingerprint density at radius 2 is 2.31 bits per heavy atom. The molecule has 1 amide bonds. The summed E-state index contributed by atoms with van der Waals surface area (Å²) in [6.45, 7) is 0.357. The van der Waals surface area contributed by atoms with Gasteiger partial charge in [-0.25, -0.2) is 4.98 Å². The van der Waals surface area contributed by atoms with Crippen molar-refractivity contribution >= 4 is 17.4 Å². The Morgan fingerprint density at radius 3 is 3.06 bits per heavy atom. The highest BCUT2D eigenvalue weighted by Gasteiger charge is 2.30. The summed E-state index contributed by atoms with van der Waals surface area (Å²) in [5.74, 6) is 0.713. The van der Waals surface area contributed by atoms with Gasteiger partial charge < -0.3 is 5.11 Å². The summed E-state index contributed by atoms with van der Waals surface area (Å²) in [4.78, 5) is 17.4. The Morgan fingerprint density at radius 1 is 1.44 bits per heavy atom. The third kappa shape index (κ3) is 1.29. The number of hydrogen-bond donors (Lipinski definition) is 1. The Labute approximate surface area is 91.9 Å². The minimum absolute atomic E-state index is 0.0475. The smallest absolute Gasteiger partial charge is 0.230 e. The summed E-state index contributed by atoms with van der Waals surface area (Å²) in [5.41, 5.74) is 0.798. The van der Waals surface area contributed by atoms with Crippen LogP contribution in [-0.4, -0.2) is 33.0 Å². The van der Waals surface area contributed by atoms with Crippen LogP contribution in [0, 0.1) is 0 Å². The normalized spacial score (nSPS) is 20.9. The van der Waals surface area contributed by atoms with Crippen molar-refractivity contribution in [1.29, 1.82) is 0 Å². The largest absolute Gasteiger partial charge is 0.391 e. The Balaban J connectivity index is 2.12. The Kier molecular flexibility index (Phi) is 1.94. The van der Waals surface area contributed by atoms with Crippen molar-refractivity contribution < 1.29 is 9.90 Å². The molecule has 82 valence electrons. The zero-order chi connectivity index (χ0) is 11.1. The number of carbonyl (C=O) groups is 1. The molecule has 0 aromatic carbocycles. The molecule has 0 saturated carbocycles. The molecule has 3 rings (SSSR count). The first-order chi connectivity index (χ1) is 7.75. The number of anilines is 1. The lowest BCUT2D eigenvalue weighted by atomic mass is 10.3. The molecule has 1 aliphatic heterocycles. The minimum atomic E-state index is -0.564. The predicted octanol–water partition coefficient (Wildman–Crippen LogP) is 0.432. The van der Waals surface area contributed by atoms with Gasteiger partial charge in [0, 0.05) is 12.4 Å². The van der Waals surface area contributed by atoms with Crippen LogP contribution in [-0.2, 0) is 4.79 Å². The quantitative estimate of drug-likeness (QED) is 0.753. The van der Waals surface area contributed by atoms with Crippen LogP contribution in [0.5, 0.6) is 0 Å². The van der Waals surface area contributed by atoms with E-state index in [4.69, 9.17) is 0 Å². The van der Waals surface area contributed by atoms with Crippen LogP contribution < -0.4 is 4.90 Å². The van der Waals surface area contributed by atoms with Crippen molar-refractivity contribution in [2.24, 2.45) is 0 Å². The number of aliphatic hydroxyl groups excluding tert-OH is 1. The lowest BCUT2D eigenvalue weighted by Gasteiger charge is -2.17. The third-order valence-electron chi connectivity index (χ3n) is 2.79. The molecule has 0 radical (unpaired) electrons. The predicted molar refractivity (Wildman–Crippen MR) is 58.2 cm³/mol. The maximum Gasteiger partial charge on any atom is 0.230 e. The van der Waals surface area contributed by atoms with Crippen molar-refractivity contribution in [3.8, 4) is 0 Å². The van der Waals surface area contributed by atoms with E-state index >= 15 is 0 Å². The van der Waals surface area contributed by atoms with E-state index in [1.807, 2.05) is 28.8 Å². The fourth-order valence-corrected chi connectivity index (χ4v) is 2.06. The van der Waals surface area contributed by atoms with Gasteiger partial charge in [0.15, 0.2) is 0 Å². The second-order valence-corrected chi connectivity index (χ2v) is 3.90. The molecular formula is C11H11N3O2. The van der Waals surface area contributed by atoms with Crippen molar-refractivity contribution in [2.45, 2.75) is 12.5 Å². The zero-order valence-electron chi connectivity index (χ0n) is 8.58.